The van der Waals surface area contributed by atoms with Gasteiger partial charge in [-0.2, -0.15) is 0 Å². The number of fused-ring (bicyclic) bond motifs is 8. The van der Waals surface area contributed by atoms with Crippen LogP contribution in [-0.4, -0.2) is 53.6 Å². The number of hydrogen-bond acceptors (Lipinski definition) is 8. The number of methoxy groups -OCH3 is 4. The van der Waals surface area contributed by atoms with E-state index in [2.05, 4.69) is 65.8 Å². The van der Waals surface area contributed by atoms with Gasteiger partial charge in [-0.05, 0) is 66.5 Å². The van der Waals surface area contributed by atoms with Crippen molar-refractivity contribution in [1.82, 2.24) is 0 Å². The minimum absolute atomic E-state index is 0.168. The maximum absolute atomic E-state index is 12.4. The van der Waals surface area contributed by atoms with E-state index in [4.69, 9.17) is 28.4 Å². The summed E-state index contributed by atoms with van der Waals surface area (Å²) in [6.45, 7) is 12.7. The summed E-state index contributed by atoms with van der Waals surface area (Å²) in [6, 6.07) is 21.1. The summed E-state index contributed by atoms with van der Waals surface area (Å²) in [5.41, 5.74) is 9.57. The molecule has 0 aliphatic heterocycles. The van der Waals surface area contributed by atoms with E-state index >= 15 is 0 Å². The van der Waals surface area contributed by atoms with Crippen molar-refractivity contribution in [1.29, 1.82) is 0 Å². The van der Waals surface area contributed by atoms with Crippen LogP contribution >= 0.6 is 0 Å². The van der Waals surface area contributed by atoms with Gasteiger partial charge in [0.25, 0.3) is 0 Å². The van der Waals surface area contributed by atoms with Gasteiger partial charge in [-0.1, -0.05) is 102 Å². The van der Waals surface area contributed by atoms with E-state index in [0.29, 0.717) is 37.2 Å². The maximum Gasteiger partial charge on any atom is 0.343 e. The Labute approximate surface area is 308 Å². The highest BCUT2D eigenvalue weighted by Crippen LogP contribution is 2.41. The van der Waals surface area contributed by atoms with Crippen LogP contribution in [0.1, 0.15) is 97.2 Å². The Balaban J connectivity index is 1.85. The zero-order chi connectivity index (χ0) is 37.8. The molecule has 4 aromatic carbocycles. The topological polar surface area (TPSA) is 89.5 Å². The van der Waals surface area contributed by atoms with Gasteiger partial charge in [0.15, 0.2) is 13.2 Å². The lowest BCUT2D eigenvalue weighted by Crippen LogP contribution is -2.17. The van der Waals surface area contributed by atoms with Crippen molar-refractivity contribution < 1.29 is 38.0 Å². The number of esters is 2. The molecule has 0 radical (unpaired) electrons. The number of rotatable bonds is 8. The first kappa shape index (κ1) is 38.3. The quantitative estimate of drug-likeness (QED) is 0.150. The van der Waals surface area contributed by atoms with Crippen molar-refractivity contribution in [3.05, 3.63) is 116 Å². The van der Waals surface area contributed by atoms with Crippen LogP contribution in [-0.2, 0) is 55.6 Å². The second kappa shape index (κ2) is 15.7. The average Bonchev–Trinajstić information content (AvgIpc) is 3.09. The first-order valence-corrected chi connectivity index (χ1v) is 17.7. The molecule has 5 rings (SSSR count). The number of hydrogen-bond donors (Lipinski definition) is 0. The maximum atomic E-state index is 12.4. The van der Waals surface area contributed by atoms with Gasteiger partial charge in [-0.25, -0.2) is 9.59 Å². The van der Waals surface area contributed by atoms with Crippen LogP contribution < -0.4 is 18.9 Å². The standard InChI is InChI=1S/C44H52O8/c1-43(2,3)35-21-31-17-27-13-11-15-29(41(27)51-25-37(45)47-7)19-33-23-36(44(4,5)6)24-34(40(33)50-10)20-30-16-12-14-28(18-32(22-35)39(31)49-9)42(30)52-26-38(46)48-8/h11-16,21-24H,17-20,25-26H2,1-10H3. The van der Waals surface area contributed by atoms with Crippen molar-refractivity contribution in [2.24, 2.45) is 0 Å². The SMILES string of the molecule is COC(=O)COc1c2cccc1Cc1cc(C(C)(C)C)cc(c1OC)Cc1cccc(c1OCC(=O)OC)Cc1cc(C(C)(C)C)cc(c1OC)C2. The first-order valence-electron chi connectivity index (χ1n) is 17.7. The van der Waals surface area contributed by atoms with E-state index in [-0.39, 0.29) is 24.0 Å². The van der Waals surface area contributed by atoms with Crippen molar-refractivity contribution in [2.75, 3.05) is 41.7 Å². The summed E-state index contributed by atoms with van der Waals surface area (Å²) >= 11 is 0. The van der Waals surface area contributed by atoms with Crippen LogP contribution in [0.15, 0.2) is 60.7 Å². The lowest BCUT2D eigenvalue weighted by atomic mass is 9.81. The van der Waals surface area contributed by atoms with E-state index in [0.717, 1.165) is 67.1 Å². The highest BCUT2D eigenvalue weighted by molar-refractivity contribution is 5.71. The lowest BCUT2D eigenvalue weighted by Gasteiger charge is -2.26. The normalized spacial score (nSPS) is 12.8. The molecule has 0 amide bonds. The minimum Gasteiger partial charge on any atom is -0.496 e. The van der Waals surface area contributed by atoms with Crippen LogP contribution in [0.5, 0.6) is 23.0 Å². The van der Waals surface area contributed by atoms with E-state index in [1.807, 2.05) is 36.4 Å². The lowest BCUT2D eigenvalue weighted by molar-refractivity contribution is -0.143. The first-order chi connectivity index (χ1) is 24.7. The summed E-state index contributed by atoms with van der Waals surface area (Å²) in [7, 11) is 6.11. The van der Waals surface area contributed by atoms with Crippen LogP contribution in [0.25, 0.3) is 0 Å². The molecular formula is C44H52O8. The third-order valence-electron chi connectivity index (χ3n) is 9.63. The van der Waals surface area contributed by atoms with E-state index in [1.54, 1.807) is 14.2 Å². The van der Waals surface area contributed by atoms with E-state index < -0.39 is 11.9 Å². The number of benzene rings is 4. The molecule has 0 unspecified atom stereocenters. The molecule has 8 bridgehead atoms. The van der Waals surface area contributed by atoms with Gasteiger partial charge >= 0.3 is 11.9 Å². The van der Waals surface area contributed by atoms with Crippen molar-refractivity contribution in [2.45, 2.75) is 78.1 Å². The fraction of sp³-hybridized carbons (Fsp3) is 0.409. The third-order valence-corrected chi connectivity index (χ3v) is 9.63. The van der Waals surface area contributed by atoms with Gasteiger partial charge in [-0.15, -0.1) is 0 Å². The fourth-order valence-corrected chi connectivity index (χ4v) is 6.83. The Hall–Kier alpha value is -4.98. The predicted octanol–water partition coefficient (Wildman–Crippen LogP) is 8.08. The molecule has 0 N–H and O–H groups in total. The molecule has 0 heterocycles. The molecular weight excluding hydrogens is 656 g/mol. The average molecular weight is 709 g/mol. The Morgan fingerprint density at radius 1 is 0.481 bits per heavy atom. The highest BCUT2D eigenvalue weighted by atomic mass is 16.6. The van der Waals surface area contributed by atoms with Gasteiger partial charge in [0.05, 0.1) is 28.4 Å². The largest absolute Gasteiger partial charge is 0.496 e. The fourth-order valence-electron chi connectivity index (χ4n) is 6.83. The Morgan fingerprint density at radius 2 is 0.769 bits per heavy atom. The zero-order valence-corrected chi connectivity index (χ0v) is 32.3. The zero-order valence-electron chi connectivity index (χ0n) is 32.3. The predicted molar refractivity (Wildman–Crippen MR) is 203 cm³/mol. The van der Waals surface area contributed by atoms with Crippen LogP contribution in [0, 0.1) is 0 Å². The van der Waals surface area contributed by atoms with Crippen molar-refractivity contribution in [3.8, 4) is 23.0 Å². The monoisotopic (exact) mass is 708 g/mol. The number of ether oxygens (including phenoxy) is 6. The van der Waals surface area contributed by atoms with Gasteiger partial charge in [0.1, 0.15) is 23.0 Å². The van der Waals surface area contributed by atoms with Crippen molar-refractivity contribution >= 4 is 11.9 Å². The molecule has 8 heteroatoms. The summed E-state index contributed by atoms with van der Waals surface area (Å²) in [6.07, 6.45) is 1.95. The van der Waals surface area contributed by atoms with Gasteiger partial charge in [0.2, 0.25) is 0 Å². The van der Waals surface area contributed by atoms with Gasteiger partial charge in [-0.3, -0.25) is 0 Å². The Bertz CT molecular complexity index is 1710. The van der Waals surface area contributed by atoms with Gasteiger partial charge in [0, 0.05) is 25.7 Å². The highest BCUT2D eigenvalue weighted by Gasteiger charge is 2.26. The molecule has 276 valence electrons. The van der Waals surface area contributed by atoms with E-state index in [9.17, 15) is 9.59 Å². The summed E-state index contributed by atoms with van der Waals surface area (Å²) in [5.74, 6) is 1.87. The number of para-hydroxylation sites is 2. The summed E-state index contributed by atoms with van der Waals surface area (Å²) < 4.78 is 35.1. The Kier molecular flexibility index (Phi) is 11.6. The van der Waals surface area contributed by atoms with Crippen LogP contribution in [0.4, 0.5) is 0 Å². The second-order valence-corrected chi connectivity index (χ2v) is 15.4. The molecule has 0 spiro atoms. The molecule has 0 atom stereocenters. The van der Waals surface area contributed by atoms with Crippen molar-refractivity contribution in [3.63, 3.8) is 0 Å². The molecule has 1 aliphatic rings. The minimum atomic E-state index is -0.460. The smallest absolute Gasteiger partial charge is 0.343 e. The van der Waals surface area contributed by atoms with Crippen LogP contribution in [0.2, 0.25) is 0 Å². The summed E-state index contributed by atoms with van der Waals surface area (Å²) in [5, 5.41) is 0. The van der Waals surface area contributed by atoms with E-state index in [1.165, 1.54) is 14.2 Å². The molecule has 1 aliphatic carbocycles. The molecule has 0 saturated carbocycles. The Morgan fingerprint density at radius 3 is 1.00 bits per heavy atom. The number of carbonyl (C=O) groups excluding carboxylic acids is 2. The third kappa shape index (κ3) is 8.55. The molecule has 52 heavy (non-hydrogen) atoms. The molecule has 0 fully saturated rings. The van der Waals surface area contributed by atoms with Gasteiger partial charge < -0.3 is 28.4 Å². The molecule has 8 nitrogen and oxygen atoms in total. The number of carbonyl (C=O) groups is 2. The summed E-state index contributed by atoms with van der Waals surface area (Å²) in [4.78, 5) is 24.9. The molecule has 0 saturated heterocycles. The molecule has 4 aromatic rings. The molecule has 0 aromatic heterocycles. The van der Waals surface area contributed by atoms with Crippen LogP contribution in [0.3, 0.4) is 0 Å². The second-order valence-electron chi connectivity index (χ2n) is 15.4.